The lowest BCUT2D eigenvalue weighted by molar-refractivity contribution is 0.709. The van der Waals surface area contributed by atoms with Crippen molar-refractivity contribution in [2.45, 2.75) is 12.2 Å². The fraction of sp³-hybridized carbons (Fsp3) is 0.0465. The number of hydrogen-bond acceptors (Lipinski definition) is 4. The molecule has 1 aliphatic heterocycles. The second-order valence-electron chi connectivity index (χ2n) is 12.0. The third-order valence-electron chi connectivity index (χ3n) is 8.77. The molecule has 0 radical (unpaired) electrons. The maximum absolute atomic E-state index is 6.66. The summed E-state index contributed by atoms with van der Waals surface area (Å²) in [6.45, 7) is 0. The van der Waals surface area contributed by atoms with E-state index in [4.69, 9.17) is 20.7 Å². The first-order chi connectivity index (χ1) is 24.2. The summed E-state index contributed by atoms with van der Waals surface area (Å²) in [5, 5.41) is 8.02. The van der Waals surface area contributed by atoms with Crippen LogP contribution in [0.15, 0.2) is 175 Å². The van der Waals surface area contributed by atoms with Crippen LogP contribution >= 0.6 is 0 Å². The molecule has 8 rings (SSSR count). The highest BCUT2D eigenvalue weighted by atomic mass is 15.2. The summed E-state index contributed by atoms with van der Waals surface area (Å²) in [6, 6.07) is 55.7. The molecule has 2 heterocycles. The standard InChI is InChI=1S/C43H34N6/c44-41(49-43-46-38(31-12-4-1-5-13-31)28-39(47-43)32-14-6-2-7-15-32)34-24-20-29(21-25-34)30-22-26-35(27-23-30)42-45-37-19-11-10-18-36(37)40(48-42)33-16-8-3-9-17-33/h1-28,38,41H,44H2,(H2,46,47,49). The molecule has 0 bridgehead atoms. The van der Waals surface area contributed by atoms with Crippen molar-refractivity contribution in [3.63, 3.8) is 0 Å². The minimum absolute atomic E-state index is 0.0427. The number of benzene rings is 6. The van der Waals surface area contributed by atoms with Crippen molar-refractivity contribution in [2.24, 2.45) is 10.7 Å². The van der Waals surface area contributed by atoms with Gasteiger partial charge in [0.15, 0.2) is 11.8 Å². The number of aliphatic imine (C=N–C) groups is 1. The third kappa shape index (κ3) is 6.46. The lowest BCUT2D eigenvalue weighted by atomic mass is 10.0. The molecule has 236 valence electrons. The van der Waals surface area contributed by atoms with Crippen molar-refractivity contribution in [3.8, 4) is 33.8 Å². The molecule has 6 aromatic carbocycles. The van der Waals surface area contributed by atoms with E-state index in [-0.39, 0.29) is 6.04 Å². The molecule has 0 fully saturated rings. The Hall–Kier alpha value is -6.37. The van der Waals surface area contributed by atoms with Crippen LogP contribution in [0.5, 0.6) is 0 Å². The first-order valence-corrected chi connectivity index (χ1v) is 16.4. The minimum atomic E-state index is -0.554. The largest absolute Gasteiger partial charge is 0.346 e. The number of para-hydroxylation sites is 1. The van der Waals surface area contributed by atoms with Crippen LogP contribution in [0.2, 0.25) is 0 Å². The molecular formula is C43H34N6. The predicted molar refractivity (Wildman–Crippen MR) is 200 cm³/mol. The second-order valence-corrected chi connectivity index (χ2v) is 12.0. The molecule has 6 nitrogen and oxygen atoms in total. The van der Waals surface area contributed by atoms with Gasteiger partial charge in [0.25, 0.3) is 0 Å². The van der Waals surface area contributed by atoms with E-state index in [0.29, 0.717) is 11.8 Å². The van der Waals surface area contributed by atoms with Crippen LogP contribution < -0.4 is 16.4 Å². The van der Waals surface area contributed by atoms with Gasteiger partial charge in [-0.2, -0.15) is 0 Å². The van der Waals surface area contributed by atoms with Gasteiger partial charge in [0.1, 0.15) is 6.17 Å². The van der Waals surface area contributed by atoms with Crippen molar-refractivity contribution >= 4 is 22.6 Å². The van der Waals surface area contributed by atoms with Crippen molar-refractivity contribution in [3.05, 3.63) is 187 Å². The van der Waals surface area contributed by atoms with Crippen LogP contribution in [0.3, 0.4) is 0 Å². The summed E-state index contributed by atoms with van der Waals surface area (Å²) >= 11 is 0. The molecule has 6 heteroatoms. The quantitative estimate of drug-likeness (QED) is 0.163. The fourth-order valence-electron chi connectivity index (χ4n) is 6.18. The Bertz CT molecular complexity index is 2260. The molecule has 0 saturated carbocycles. The van der Waals surface area contributed by atoms with Crippen molar-refractivity contribution in [2.75, 3.05) is 0 Å². The summed E-state index contributed by atoms with van der Waals surface area (Å²) in [5.41, 5.74) is 16.9. The first kappa shape index (κ1) is 30.0. The number of nitrogens with zero attached hydrogens (tertiary/aromatic N) is 3. The number of nitrogens with two attached hydrogens (primary N) is 1. The van der Waals surface area contributed by atoms with Crippen molar-refractivity contribution in [1.29, 1.82) is 0 Å². The van der Waals surface area contributed by atoms with Gasteiger partial charge >= 0.3 is 0 Å². The molecule has 2 unspecified atom stereocenters. The number of fused-ring (bicyclic) bond motifs is 1. The van der Waals surface area contributed by atoms with Gasteiger partial charge in [-0.1, -0.05) is 158 Å². The molecule has 0 amide bonds. The van der Waals surface area contributed by atoms with Crippen molar-refractivity contribution in [1.82, 2.24) is 20.6 Å². The number of aromatic nitrogens is 2. The van der Waals surface area contributed by atoms with Crippen molar-refractivity contribution < 1.29 is 0 Å². The number of rotatable bonds is 7. The Kier molecular flexibility index (Phi) is 8.20. The smallest absolute Gasteiger partial charge is 0.198 e. The zero-order valence-electron chi connectivity index (χ0n) is 26.7. The highest BCUT2D eigenvalue weighted by Gasteiger charge is 2.20. The second kappa shape index (κ2) is 13.4. The Morgan fingerprint density at radius 2 is 1.12 bits per heavy atom. The van der Waals surface area contributed by atoms with E-state index in [0.717, 1.165) is 61.2 Å². The van der Waals surface area contributed by atoms with E-state index in [1.54, 1.807) is 0 Å². The average molecular weight is 635 g/mol. The van der Waals surface area contributed by atoms with Gasteiger partial charge in [-0.15, -0.1) is 0 Å². The van der Waals surface area contributed by atoms with Crippen LogP contribution in [0.25, 0.3) is 50.4 Å². The van der Waals surface area contributed by atoms with Gasteiger partial charge < -0.3 is 16.4 Å². The van der Waals surface area contributed by atoms with Gasteiger partial charge in [-0.25, -0.2) is 15.0 Å². The minimum Gasteiger partial charge on any atom is -0.346 e. The topological polar surface area (TPSA) is 88.2 Å². The van der Waals surface area contributed by atoms with Gasteiger partial charge in [0, 0.05) is 22.2 Å². The molecule has 49 heavy (non-hydrogen) atoms. The monoisotopic (exact) mass is 634 g/mol. The van der Waals surface area contributed by atoms with Gasteiger partial charge in [-0.3, -0.25) is 0 Å². The number of guanidine groups is 1. The molecule has 2 atom stereocenters. The van der Waals surface area contributed by atoms with E-state index in [1.807, 2.05) is 84.9 Å². The maximum atomic E-state index is 6.66. The van der Waals surface area contributed by atoms with E-state index in [9.17, 15) is 0 Å². The van der Waals surface area contributed by atoms with Crippen LogP contribution in [0.4, 0.5) is 0 Å². The maximum Gasteiger partial charge on any atom is 0.198 e. The molecule has 7 aromatic rings. The summed E-state index contributed by atoms with van der Waals surface area (Å²) in [4.78, 5) is 14.8. The van der Waals surface area contributed by atoms with E-state index in [1.165, 1.54) is 0 Å². The summed E-state index contributed by atoms with van der Waals surface area (Å²) < 4.78 is 0. The van der Waals surface area contributed by atoms with Crippen LogP contribution in [-0.4, -0.2) is 15.9 Å². The Labute approximate surface area is 285 Å². The SMILES string of the molecule is NC(/N=C1\NC(c2ccccc2)=CC(c2ccccc2)N1)c1ccc(-c2ccc(-c3nc(-c4ccccc4)c4ccccc4n3)cc2)cc1. The number of nitrogens with one attached hydrogen (secondary N) is 2. The molecule has 1 aliphatic rings. The lowest BCUT2D eigenvalue weighted by Gasteiger charge is -2.28. The Balaban J connectivity index is 1.02. The Morgan fingerprint density at radius 1 is 0.551 bits per heavy atom. The molecule has 0 aliphatic carbocycles. The van der Waals surface area contributed by atoms with E-state index >= 15 is 0 Å². The van der Waals surface area contributed by atoms with E-state index < -0.39 is 6.17 Å². The van der Waals surface area contributed by atoms with Crippen LogP contribution in [0.1, 0.15) is 28.9 Å². The van der Waals surface area contributed by atoms with Gasteiger partial charge in [-0.05, 0) is 40.0 Å². The molecule has 0 spiro atoms. The summed E-state index contributed by atoms with van der Waals surface area (Å²) in [7, 11) is 0. The van der Waals surface area contributed by atoms with Gasteiger partial charge in [0.05, 0.1) is 17.3 Å². The normalized spacial score (nSPS) is 15.7. The van der Waals surface area contributed by atoms with Crippen LogP contribution in [-0.2, 0) is 0 Å². The van der Waals surface area contributed by atoms with E-state index in [2.05, 4.69) is 95.6 Å². The third-order valence-corrected chi connectivity index (χ3v) is 8.77. The summed E-state index contributed by atoms with van der Waals surface area (Å²) in [5.74, 6) is 1.34. The van der Waals surface area contributed by atoms with Gasteiger partial charge in [0.2, 0.25) is 0 Å². The fourth-order valence-corrected chi connectivity index (χ4v) is 6.18. The lowest BCUT2D eigenvalue weighted by Crippen LogP contribution is -2.43. The highest BCUT2D eigenvalue weighted by Crippen LogP contribution is 2.31. The molecule has 4 N–H and O–H groups in total. The number of hydrogen-bond donors (Lipinski definition) is 3. The van der Waals surface area contributed by atoms with Crippen LogP contribution in [0, 0.1) is 0 Å². The summed E-state index contributed by atoms with van der Waals surface area (Å²) in [6.07, 6.45) is 1.63. The molecular weight excluding hydrogens is 601 g/mol. The Morgan fingerprint density at radius 3 is 1.82 bits per heavy atom. The zero-order valence-corrected chi connectivity index (χ0v) is 26.7. The highest BCUT2D eigenvalue weighted by molar-refractivity contribution is 5.94. The average Bonchev–Trinajstić information content (AvgIpc) is 3.18. The zero-order chi connectivity index (χ0) is 33.0. The predicted octanol–water partition coefficient (Wildman–Crippen LogP) is 8.92. The molecule has 1 aromatic heterocycles. The molecule has 0 saturated heterocycles. The first-order valence-electron chi connectivity index (χ1n) is 16.4.